The van der Waals surface area contributed by atoms with Crippen LogP contribution in [-0.4, -0.2) is 14.1 Å². The zero-order chi connectivity index (χ0) is 12.3. The van der Waals surface area contributed by atoms with Gasteiger partial charge in [-0.3, -0.25) is 0 Å². The Kier molecular flexibility index (Phi) is 3.64. The second kappa shape index (κ2) is 5.02. The molecule has 0 radical (unpaired) electrons. The Morgan fingerprint density at radius 1 is 1.29 bits per heavy atom. The molecule has 1 aliphatic carbocycles. The Balaban J connectivity index is 2.20. The van der Waals surface area contributed by atoms with Gasteiger partial charge in [0.1, 0.15) is 0 Å². The van der Waals surface area contributed by atoms with Gasteiger partial charge >= 0.3 is 9.24 Å². The first-order chi connectivity index (χ1) is 8.04. The molecule has 1 fully saturated rings. The highest BCUT2D eigenvalue weighted by atomic mass is 35.7. The summed E-state index contributed by atoms with van der Waals surface area (Å²) in [7, 11) is 1.31. The van der Waals surface area contributed by atoms with Gasteiger partial charge in [-0.15, -0.1) is 0 Å². The molecule has 0 unspecified atom stereocenters. The van der Waals surface area contributed by atoms with Crippen LogP contribution in [0.1, 0.15) is 18.4 Å². The van der Waals surface area contributed by atoms with Crippen molar-refractivity contribution in [2.45, 2.75) is 12.8 Å². The maximum atomic E-state index is 10.9. The van der Waals surface area contributed by atoms with Gasteiger partial charge in [0, 0.05) is 16.6 Å². The minimum absolute atomic E-state index is 0.239. The third-order valence-corrected chi connectivity index (χ3v) is 3.09. The average molecular weight is 270 g/mol. The number of benzene rings is 1. The van der Waals surface area contributed by atoms with Crippen molar-refractivity contribution < 1.29 is 8.42 Å². The highest BCUT2D eigenvalue weighted by Gasteiger charge is 2.27. The van der Waals surface area contributed by atoms with Crippen LogP contribution in [0, 0.1) is 5.92 Å². The van der Waals surface area contributed by atoms with Gasteiger partial charge < -0.3 is 0 Å². The molecule has 17 heavy (non-hydrogen) atoms. The maximum Gasteiger partial charge on any atom is 0.339 e. The molecule has 1 aromatic rings. The monoisotopic (exact) mass is 269 g/mol. The summed E-state index contributed by atoms with van der Waals surface area (Å²) in [4.78, 5) is 0. The summed E-state index contributed by atoms with van der Waals surface area (Å²) in [6.07, 6.45) is 5.53. The molecule has 1 aromatic carbocycles. The lowest BCUT2D eigenvalue weighted by atomic mass is 10.1. The van der Waals surface area contributed by atoms with Gasteiger partial charge in [0.15, 0.2) is 0 Å². The first-order valence-corrected chi connectivity index (χ1v) is 7.59. The van der Waals surface area contributed by atoms with Crippen molar-refractivity contribution >= 4 is 31.7 Å². The van der Waals surface area contributed by atoms with Gasteiger partial charge in [-0.25, -0.2) is 0 Å². The number of rotatable bonds is 4. The van der Waals surface area contributed by atoms with Crippen LogP contribution in [0.25, 0.3) is 6.08 Å². The summed E-state index contributed by atoms with van der Waals surface area (Å²) < 4.78 is 25.4. The van der Waals surface area contributed by atoms with E-state index in [1.54, 1.807) is 6.08 Å². The van der Waals surface area contributed by atoms with Crippen LogP contribution < -0.4 is 0 Å². The van der Waals surface area contributed by atoms with Gasteiger partial charge in [0.05, 0.1) is 5.71 Å². The summed E-state index contributed by atoms with van der Waals surface area (Å²) >= 11 is 0. The lowest BCUT2D eigenvalue weighted by molar-refractivity contribution is 0.611. The summed E-state index contributed by atoms with van der Waals surface area (Å²) in [5.41, 5.74) is 1.55. The Morgan fingerprint density at radius 3 is 2.47 bits per heavy atom. The molecule has 0 atom stereocenters. The molecule has 1 aliphatic rings. The number of hydrogen-bond donors (Lipinski definition) is 0. The highest BCUT2D eigenvalue weighted by molar-refractivity contribution is 8.12. The van der Waals surface area contributed by atoms with E-state index < -0.39 is 9.24 Å². The third kappa shape index (κ3) is 4.32. The Bertz CT molecular complexity index is 545. The first-order valence-electron chi connectivity index (χ1n) is 5.32. The van der Waals surface area contributed by atoms with Crippen molar-refractivity contribution in [3.63, 3.8) is 0 Å². The summed E-state index contributed by atoms with van der Waals surface area (Å²) in [6, 6.07) is 9.65. The molecule has 0 amide bonds. The quantitative estimate of drug-likeness (QED) is 0.623. The number of nitrogens with zero attached hydrogens (tertiary/aromatic N) is 1. The van der Waals surface area contributed by atoms with Crippen molar-refractivity contribution in [3.05, 3.63) is 42.0 Å². The van der Waals surface area contributed by atoms with Gasteiger partial charge in [-0.1, -0.05) is 36.4 Å². The van der Waals surface area contributed by atoms with Gasteiger partial charge in [-0.2, -0.15) is 12.8 Å². The van der Waals surface area contributed by atoms with E-state index in [4.69, 9.17) is 10.7 Å². The SMILES string of the molecule is O=S(=O)(Cl)/N=C(/C=C/c1ccccc1)C1CC1. The van der Waals surface area contributed by atoms with E-state index in [9.17, 15) is 8.42 Å². The molecule has 0 N–H and O–H groups in total. The van der Waals surface area contributed by atoms with Crippen molar-refractivity contribution in [2.24, 2.45) is 10.3 Å². The van der Waals surface area contributed by atoms with E-state index in [0.717, 1.165) is 18.4 Å². The van der Waals surface area contributed by atoms with Crippen molar-refractivity contribution in [1.82, 2.24) is 0 Å². The zero-order valence-electron chi connectivity index (χ0n) is 9.08. The second-order valence-corrected chi connectivity index (χ2v) is 6.12. The van der Waals surface area contributed by atoms with Crippen LogP contribution >= 0.6 is 10.7 Å². The molecule has 1 saturated carbocycles. The van der Waals surface area contributed by atoms with E-state index in [-0.39, 0.29) is 5.92 Å². The van der Waals surface area contributed by atoms with Crippen LogP contribution in [0.15, 0.2) is 40.8 Å². The largest absolute Gasteiger partial charge is 0.339 e. The van der Waals surface area contributed by atoms with Crippen LogP contribution in [-0.2, 0) is 9.24 Å². The fraction of sp³-hybridized carbons (Fsp3) is 0.250. The average Bonchev–Trinajstić information content (AvgIpc) is 3.08. The molecule has 0 heterocycles. The van der Waals surface area contributed by atoms with Crippen LogP contribution in [0.2, 0.25) is 0 Å². The van der Waals surface area contributed by atoms with Crippen molar-refractivity contribution in [1.29, 1.82) is 0 Å². The van der Waals surface area contributed by atoms with Gasteiger partial charge in [-0.05, 0) is 24.5 Å². The number of halogens is 1. The minimum atomic E-state index is -3.82. The minimum Gasteiger partial charge on any atom is -0.187 e. The molecule has 5 heteroatoms. The maximum absolute atomic E-state index is 10.9. The van der Waals surface area contributed by atoms with Crippen molar-refractivity contribution in [2.75, 3.05) is 0 Å². The molecular formula is C12H12ClNO2S. The lowest BCUT2D eigenvalue weighted by Crippen LogP contribution is -1.99. The van der Waals surface area contributed by atoms with Crippen LogP contribution in [0.5, 0.6) is 0 Å². The summed E-state index contributed by atoms with van der Waals surface area (Å²) in [6.45, 7) is 0. The number of allylic oxidation sites excluding steroid dienone is 1. The van der Waals surface area contributed by atoms with Crippen molar-refractivity contribution in [3.8, 4) is 0 Å². The molecule has 90 valence electrons. The van der Waals surface area contributed by atoms with Gasteiger partial charge in [0.2, 0.25) is 0 Å². The smallest absolute Gasteiger partial charge is 0.187 e. The first kappa shape index (κ1) is 12.3. The summed E-state index contributed by atoms with van der Waals surface area (Å²) in [5.74, 6) is 0.239. The number of hydrogen-bond acceptors (Lipinski definition) is 2. The Hall–Kier alpha value is -1.13. The molecule has 0 spiro atoms. The molecule has 3 nitrogen and oxygen atoms in total. The Morgan fingerprint density at radius 2 is 1.94 bits per heavy atom. The van der Waals surface area contributed by atoms with Crippen LogP contribution in [0.4, 0.5) is 0 Å². The molecule has 0 aliphatic heterocycles. The van der Waals surface area contributed by atoms with E-state index >= 15 is 0 Å². The fourth-order valence-electron chi connectivity index (χ4n) is 1.49. The normalized spacial score (nSPS) is 17.6. The molecule has 2 rings (SSSR count). The predicted octanol–water partition coefficient (Wildman–Crippen LogP) is 3.03. The van der Waals surface area contributed by atoms with Gasteiger partial charge in [0.25, 0.3) is 0 Å². The molecule has 0 bridgehead atoms. The second-order valence-electron chi connectivity index (χ2n) is 3.95. The molecule has 0 saturated heterocycles. The fourth-order valence-corrected chi connectivity index (χ4v) is 2.19. The third-order valence-electron chi connectivity index (χ3n) is 2.46. The highest BCUT2D eigenvalue weighted by Crippen LogP contribution is 2.32. The topological polar surface area (TPSA) is 46.5 Å². The lowest BCUT2D eigenvalue weighted by Gasteiger charge is -1.96. The zero-order valence-corrected chi connectivity index (χ0v) is 10.7. The molecule has 0 aromatic heterocycles. The standard InChI is InChI=1S/C12H12ClNO2S/c13-17(15,16)14-12(11-7-8-11)9-6-10-4-2-1-3-5-10/h1-6,9,11H,7-8H2/b9-6+,14-12-. The van der Waals surface area contributed by atoms with Crippen LogP contribution in [0.3, 0.4) is 0 Å². The van der Waals surface area contributed by atoms with E-state index in [0.29, 0.717) is 5.71 Å². The predicted molar refractivity (Wildman–Crippen MR) is 70.4 cm³/mol. The van der Waals surface area contributed by atoms with E-state index in [1.807, 2.05) is 36.4 Å². The molecular weight excluding hydrogens is 258 g/mol. The van der Waals surface area contributed by atoms with E-state index in [1.165, 1.54) is 0 Å². The Labute approximate surface area is 105 Å². The summed E-state index contributed by atoms with van der Waals surface area (Å²) in [5, 5.41) is 0. The van der Waals surface area contributed by atoms with E-state index in [2.05, 4.69) is 4.40 Å².